The fourth-order valence-electron chi connectivity index (χ4n) is 2.83. The van der Waals surface area contributed by atoms with Crippen molar-refractivity contribution in [2.75, 3.05) is 6.54 Å². The molecule has 0 saturated heterocycles. The van der Waals surface area contributed by atoms with Gasteiger partial charge in [0.25, 0.3) is 5.91 Å². The van der Waals surface area contributed by atoms with E-state index in [1.807, 2.05) is 30.3 Å². The topological polar surface area (TPSA) is 68.0 Å². The van der Waals surface area contributed by atoms with E-state index in [2.05, 4.69) is 10.3 Å². The summed E-state index contributed by atoms with van der Waals surface area (Å²) >= 11 is 1.42. The maximum Gasteiger partial charge on any atom is 0.263 e. The summed E-state index contributed by atoms with van der Waals surface area (Å²) in [5.74, 6) is -0.0537. The van der Waals surface area contributed by atoms with Gasteiger partial charge in [0, 0.05) is 12.1 Å². The molecule has 0 unspecified atom stereocenters. The van der Waals surface area contributed by atoms with E-state index < -0.39 is 0 Å². The molecular weight excluding hydrogens is 282 g/mol. The van der Waals surface area contributed by atoms with E-state index in [4.69, 9.17) is 5.73 Å². The third kappa shape index (κ3) is 2.99. The smallest absolute Gasteiger partial charge is 0.263 e. The van der Waals surface area contributed by atoms with Crippen LogP contribution >= 0.6 is 11.3 Å². The molecule has 4 nitrogen and oxygen atoms in total. The summed E-state index contributed by atoms with van der Waals surface area (Å²) in [6, 6.07) is 9.91. The quantitative estimate of drug-likeness (QED) is 0.912. The molecule has 0 atom stereocenters. The van der Waals surface area contributed by atoms with E-state index >= 15 is 0 Å². The van der Waals surface area contributed by atoms with Gasteiger partial charge in [0.1, 0.15) is 9.88 Å². The molecule has 5 heteroatoms. The first-order valence-corrected chi connectivity index (χ1v) is 8.08. The van der Waals surface area contributed by atoms with E-state index in [9.17, 15) is 4.79 Å². The number of hydrogen-bond acceptors (Lipinski definition) is 4. The highest BCUT2D eigenvalue weighted by Gasteiger charge is 2.34. The van der Waals surface area contributed by atoms with Crippen LogP contribution in [0.5, 0.6) is 0 Å². The van der Waals surface area contributed by atoms with Crippen LogP contribution in [0.3, 0.4) is 0 Å². The fraction of sp³-hybridized carbons (Fsp3) is 0.375. The number of nitrogens with one attached hydrogen (secondary N) is 1. The maximum atomic E-state index is 12.4. The predicted molar refractivity (Wildman–Crippen MR) is 85.3 cm³/mol. The number of carbonyl (C=O) groups is 1. The second kappa shape index (κ2) is 5.95. The molecule has 1 saturated carbocycles. The van der Waals surface area contributed by atoms with Crippen molar-refractivity contribution >= 4 is 17.2 Å². The van der Waals surface area contributed by atoms with Crippen molar-refractivity contribution in [1.82, 2.24) is 10.3 Å². The molecule has 2 aromatic rings. The van der Waals surface area contributed by atoms with Gasteiger partial charge in [-0.15, -0.1) is 11.3 Å². The SMILES string of the molecule is NCC1(NC(=O)c2cnc(-c3ccccc3)s2)CCCC1. The van der Waals surface area contributed by atoms with Gasteiger partial charge in [-0.3, -0.25) is 4.79 Å². The Morgan fingerprint density at radius 3 is 2.67 bits per heavy atom. The third-order valence-corrected chi connectivity index (χ3v) is 5.13. The highest BCUT2D eigenvalue weighted by atomic mass is 32.1. The summed E-state index contributed by atoms with van der Waals surface area (Å²) in [6.07, 6.45) is 5.87. The molecule has 1 aliphatic carbocycles. The summed E-state index contributed by atoms with van der Waals surface area (Å²) in [4.78, 5) is 17.4. The van der Waals surface area contributed by atoms with Crippen LogP contribution < -0.4 is 11.1 Å². The van der Waals surface area contributed by atoms with Crippen molar-refractivity contribution in [3.8, 4) is 10.6 Å². The molecule has 110 valence electrons. The van der Waals surface area contributed by atoms with Gasteiger partial charge < -0.3 is 11.1 Å². The Morgan fingerprint density at radius 2 is 2.00 bits per heavy atom. The summed E-state index contributed by atoms with van der Waals surface area (Å²) in [5.41, 5.74) is 6.69. The summed E-state index contributed by atoms with van der Waals surface area (Å²) < 4.78 is 0. The highest BCUT2D eigenvalue weighted by Crippen LogP contribution is 2.30. The van der Waals surface area contributed by atoms with Gasteiger partial charge in [0.05, 0.1) is 11.7 Å². The Morgan fingerprint density at radius 1 is 1.29 bits per heavy atom. The Bertz CT molecular complexity index is 617. The minimum atomic E-state index is -0.214. The first kappa shape index (κ1) is 14.2. The van der Waals surface area contributed by atoms with Crippen molar-refractivity contribution in [2.24, 2.45) is 5.73 Å². The van der Waals surface area contributed by atoms with Gasteiger partial charge in [-0.2, -0.15) is 0 Å². The van der Waals surface area contributed by atoms with Crippen LogP contribution in [0.1, 0.15) is 35.4 Å². The molecule has 1 aromatic heterocycles. The van der Waals surface area contributed by atoms with Crippen LogP contribution in [0.4, 0.5) is 0 Å². The Balaban J connectivity index is 1.75. The standard InChI is InChI=1S/C16H19N3OS/c17-11-16(8-4-5-9-16)19-14(20)13-10-18-15(21-13)12-6-2-1-3-7-12/h1-3,6-7,10H,4-5,8-9,11,17H2,(H,19,20). The van der Waals surface area contributed by atoms with E-state index in [1.165, 1.54) is 11.3 Å². The normalized spacial score (nSPS) is 16.8. The molecule has 21 heavy (non-hydrogen) atoms. The van der Waals surface area contributed by atoms with Gasteiger partial charge in [0.15, 0.2) is 0 Å². The second-order valence-corrected chi connectivity index (χ2v) is 6.57. The molecule has 0 bridgehead atoms. The second-order valence-electron chi connectivity index (χ2n) is 5.54. The van der Waals surface area contributed by atoms with Crippen molar-refractivity contribution < 1.29 is 4.79 Å². The number of aromatic nitrogens is 1. The molecule has 1 heterocycles. The van der Waals surface area contributed by atoms with Crippen molar-refractivity contribution in [2.45, 2.75) is 31.2 Å². The molecule has 3 N–H and O–H groups in total. The van der Waals surface area contributed by atoms with Crippen LogP contribution in [-0.4, -0.2) is 23.0 Å². The zero-order chi connectivity index (χ0) is 14.7. The van der Waals surface area contributed by atoms with Crippen LogP contribution in [-0.2, 0) is 0 Å². The average Bonchev–Trinajstić information content (AvgIpc) is 3.18. The largest absolute Gasteiger partial charge is 0.345 e. The summed E-state index contributed by atoms with van der Waals surface area (Å²) in [5, 5.41) is 4.00. The highest BCUT2D eigenvalue weighted by molar-refractivity contribution is 7.16. The predicted octanol–water partition coefficient (Wildman–Crippen LogP) is 2.81. The van der Waals surface area contributed by atoms with Crippen LogP contribution in [0.15, 0.2) is 36.5 Å². The first-order valence-electron chi connectivity index (χ1n) is 7.26. The van der Waals surface area contributed by atoms with Crippen LogP contribution in [0.2, 0.25) is 0 Å². The number of benzene rings is 1. The summed E-state index contributed by atoms with van der Waals surface area (Å²) in [7, 11) is 0. The van der Waals surface area contributed by atoms with Gasteiger partial charge in [-0.05, 0) is 12.8 Å². The molecule has 3 rings (SSSR count). The van der Waals surface area contributed by atoms with Gasteiger partial charge in [-0.25, -0.2) is 4.98 Å². The number of carbonyl (C=O) groups excluding carboxylic acids is 1. The first-order chi connectivity index (χ1) is 10.2. The molecule has 0 radical (unpaired) electrons. The monoisotopic (exact) mass is 301 g/mol. The number of thiazole rings is 1. The molecule has 0 spiro atoms. The number of hydrogen-bond donors (Lipinski definition) is 2. The Labute approximate surface area is 128 Å². The number of amides is 1. The van der Waals surface area contributed by atoms with Crippen molar-refractivity contribution in [1.29, 1.82) is 0 Å². The van der Waals surface area contributed by atoms with E-state index in [0.29, 0.717) is 11.4 Å². The van der Waals surface area contributed by atoms with E-state index in [1.54, 1.807) is 6.20 Å². The lowest BCUT2D eigenvalue weighted by Crippen LogP contribution is -2.51. The van der Waals surface area contributed by atoms with Crippen molar-refractivity contribution in [3.05, 3.63) is 41.4 Å². The number of rotatable bonds is 4. The average molecular weight is 301 g/mol. The molecule has 1 aromatic carbocycles. The lowest BCUT2D eigenvalue weighted by Gasteiger charge is -2.28. The lowest BCUT2D eigenvalue weighted by molar-refractivity contribution is 0.0907. The lowest BCUT2D eigenvalue weighted by atomic mass is 9.98. The maximum absolute atomic E-state index is 12.4. The number of nitrogens with two attached hydrogens (primary N) is 1. The van der Waals surface area contributed by atoms with Gasteiger partial charge >= 0.3 is 0 Å². The van der Waals surface area contributed by atoms with Gasteiger partial charge in [-0.1, -0.05) is 43.2 Å². The van der Waals surface area contributed by atoms with Crippen LogP contribution in [0, 0.1) is 0 Å². The molecular formula is C16H19N3OS. The third-order valence-electron chi connectivity index (χ3n) is 4.08. The van der Waals surface area contributed by atoms with Crippen LogP contribution in [0.25, 0.3) is 10.6 Å². The zero-order valence-electron chi connectivity index (χ0n) is 11.8. The zero-order valence-corrected chi connectivity index (χ0v) is 12.7. The molecule has 0 aliphatic heterocycles. The molecule has 1 fully saturated rings. The van der Waals surface area contributed by atoms with Gasteiger partial charge in [0.2, 0.25) is 0 Å². The minimum absolute atomic E-state index is 0.0537. The summed E-state index contributed by atoms with van der Waals surface area (Å²) in [6.45, 7) is 0.503. The van der Waals surface area contributed by atoms with Crippen molar-refractivity contribution in [3.63, 3.8) is 0 Å². The number of nitrogens with zero attached hydrogens (tertiary/aromatic N) is 1. The minimum Gasteiger partial charge on any atom is -0.345 e. The molecule has 1 aliphatic rings. The van der Waals surface area contributed by atoms with E-state index in [-0.39, 0.29) is 11.4 Å². The molecule has 1 amide bonds. The van der Waals surface area contributed by atoms with E-state index in [0.717, 1.165) is 36.3 Å². The Kier molecular flexibility index (Phi) is 4.03. The fourth-order valence-corrected chi connectivity index (χ4v) is 3.64. The Hall–Kier alpha value is -1.72.